The van der Waals surface area contributed by atoms with Gasteiger partial charge in [-0.3, -0.25) is 19.2 Å². The number of nitrogens with one attached hydrogen (secondary N) is 2. The van der Waals surface area contributed by atoms with E-state index >= 15 is 0 Å². The molecule has 2 N–H and O–H groups in total. The number of anilines is 1. The predicted molar refractivity (Wildman–Crippen MR) is 103 cm³/mol. The Morgan fingerprint density at radius 1 is 1.15 bits per heavy atom. The summed E-state index contributed by atoms with van der Waals surface area (Å²) < 4.78 is 4.53. The molecule has 3 heterocycles. The third-order valence-corrected chi connectivity index (χ3v) is 5.71. The largest absolute Gasteiger partial charge is 0.338 e. The molecule has 0 aliphatic rings. The molecule has 0 aliphatic carbocycles. The lowest BCUT2D eigenvalue weighted by Gasteiger charge is -2.03. The van der Waals surface area contributed by atoms with Gasteiger partial charge in [0.25, 0.3) is 5.56 Å². The Kier molecular flexibility index (Phi) is 5.32. The molecule has 0 spiro atoms. The average molecular weight is 410 g/mol. The molecule has 0 aliphatic heterocycles. The average Bonchev–Trinajstić information content (AvgIpc) is 3.21. The Balaban J connectivity index is 1.88. The van der Waals surface area contributed by atoms with Gasteiger partial charge in [-0.25, -0.2) is 14.6 Å². The molecular formula is C14H18N8O3S2. The van der Waals surface area contributed by atoms with Crippen molar-refractivity contribution in [3.05, 3.63) is 20.8 Å². The van der Waals surface area contributed by atoms with Crippen LogP contribution in [0.5, 0.6) is 0 Å². The summed E-state index contributed by atoms with van der Waals surface area (Å²) in [4.78, 5) is 40.5. The number of aromatic nitrogens is 6. The van der Waals surface area contributed by atoms with E-state index in [9.17, 15) is 14.4 Å². The van der Waals surface area contributed by atoms with Crippen molar-refractivity contribution in [1.29, 1.82) is 0 Å². The molecule has 11 nitrogen and oxygen atoms in total. The van der Waals surface area contributed by atoms with E-state index in [-0.39, 0.29) is 6.03 Å². The standard InChI is InChI=1S/C14H18N8O3S2/c1-5-6-15-10(24)17-11-18-19-13(26-11)27-12-16-8-7(20(12)2)9(23)22(4)14(25)21(8)3/h5-6H2,1-4H3,(H2,15,17,18,24). The minimum atomic E-state index is -0.442. The number of amides is 2. The lowest BCUT2D eigenvalue weighted by molar-refractivity contribution is 0.252. The van der Waals surface area contributed by atoms with Crippen LogP contribution in [0.25, 0.3) is 11.2 Å². The second-order valence-electron chi connectivity index (χ2n) is 5.69. The van der Waals surface area contributed by atoms with Crippen molar-refractivity contribution < 1.29 is 4.79 Å². The molecule has 0 aromatic carbocycles. The maximum absolute atomic E-state index is 12.4. The summed E-state index contributed by atoms with van der Waals surface area (Å²) in [6, 6.07) is -0.342. The molecule has 144 valence electrons. The summed E-state index contributed by atoms with van der Waals surface area (Å²) in [5, 5.41) is 14.1. The fraction of sp³-hybridized carbons (Fsp3) is 0.429. The quantitative estimate of drug-likeness (QED) is 0.586. The van der Waals surface area contributed by atoms with Crippen molar-refractivity contribution in [2.45, 2.75) is 22.8 Å². The topological polar surface area (TPSA) is 129 Å². The molecular weight excluding hydrogens is 392 g/mol. The van der Waals surface area contributed by atoms with E-state index in [0.29, 0.717) is 32.3 Å². The molecule has 0 saturated heterocycles. The van der Waals surface area contributed by atoms with Crippen molar-refractivity contribution in [2.24, 2.45) is 21.1 Å². The highest BCUT2D eigenvalue weighted by atomic mass is 32.2. The van der Waals surface area contributed by atoms with Crippen LogP contribution in [0.2, 0.25) is 0 Å². The summed E-state index contributed by atoms with van der Waals surface area (Å²) in [7, 11) is 4.69. The molecule has 0 atom stereocenters. The summed E-state index contributed by atoms with van der Waals surface area (Å²) in [5.74, 6) is 0. The van der Waals surface area contributed by atoms with Gasteiger partial charge in [0.1, 0.15) is 0 Å². The number of hydrogen-bond acceptors (Lipinski definition) is 8. The number of imidazole rings is 1. The number of aryl methyl sites for hydroxylation is 2. The number of urea groups is 1. The highest BCUT2D eigenvalue weighted by molar-refractivity contribution is 8.01. The van der Waals surface area contributed by atoms with E-state index < -0.39 is 11.2 Å². The summed E-state index contributed by atoms with van der Waals surface area (Å²) in [6.07, 6.45) is 0.833. The SMILES string of the molecule is CCCNC(=O)Nc1nnc(Sc2nc3c(c(=O)n(C)c(=O)n3C)n2C)s1. The van der Waals surface area contributed by atoms with Crippen LogP contribution >= 0.6 is 23.1 Å². The van der Waals surface area contributed by atoms with E-state index in [2.05, 4.69) is 25.8 Å². The first kappa shape index (κ1) is 19.1. The van der Waals surface area contributed by atoms with Crippen molar-refractivity contribution in [3.8, 4) is 0 Å². The number of hydrogen-bond donors (Lipinski definition) is 2. The fourth-order valence-corrected chi connectivity index (χ4v) is 4.05. The van der Waals surface area contributed by atoms with Crippen LogP contribution in [-0.2, 0) is 21.1 Å². The number of carbonyl (C=O) groups is 1. The van der Waals surface area contributed by atoms with Gasteiger partial charge in [0, 0.05) is 27.7 Å². The van der Waals surface area contributed by atoms with Crippen molar-refractivity contribution in [1.82, 2.24) is 34.2 Å². The Morgan fingerprint density at radius 2 is 1.89 bits per heavy atom. The van der Waals surface area contributed by atoms with Gasteiger partial charge >= 0.3 is 11.7 Å². The van der Waals surface area contributed by atoms with Crippen LogP contribution in [0, 0.1) is 0 Å². The van der Waals surface area contributed by atoms with Crippen LogP contribution < -0.4 is 21.9 Å². The Bertz CT molecular complexity index is 1130. The maximum Gasteiger partial charge on any atom is 0.332 e. The fourth-order valence-electron chi connectivity index (χ4n) is 2.35. The Morgan fingerprint density at radius 3 is 2.59 bits per heavy atom. The van der Waals surface area contributed by atoms with E-state index in [1.165, 1.54) is 34.7 Å². The number of fused-ring (bicyclic) bond motifs is 1. The lowest BCUT2D eigenvalue weighted by Crippen LogP contribution is -2.37. The minimum absolute atomic E-state index is 0.301. The Labute approximate surface area is 161 Å². The molecule has 0 fully saturated rings. The van der Waals surface area contributed by atoms with Crippen LogP contribution in [0.4, 0.5) is 9.93 Å². The van der Waals surface area contributed by atoms with E-state index in [1.54, 1.807) is 18.7 Å². The summed E-state index contributed by atoms with van der Waals surface area (Å²) in [6.45, 7) is 2.53. The first-order chi connectivity index (χ1) is 12.8. The van der Waals surface area contributed by atoms with E-state index in [1.807, 2.05) is 6.92 Å². The van der Waals surface area contributed by atoms with Crippen LogP contribution in [-0.4, -0.2) is 41.5 Å². The van der Waals surface area contributed by atoms with Gasteiger partial charge < -0.3 is 9.88 Å². The molecule has 3 rings (SSSR count). The highest BCUT2D eigenvalue weighted by Crippen LogP contribution is 2.32. The van der Waals surface area contributed by atoms with Gasteiger partial charge in [0.05, 0.1) is 0 Å². The zero-order chi connectivity index (χ0) is 19.7. The second-order valence-corrected chi connectivity index (χ2v) is 7.88. The molecule has 0 bridgehead atoms. The third-order valence-electron chi connectivity index (χ3n) is 3.78. The lowest BCUT2D eigenvalue weighted by atomic mass is 10.5. The number of carbonyl (C=O) groups excluding carboxylic acids is 1. The van der Waals surface area contributed by atoms with Crippen LogP contribution in [0.3, 0.4) is 0 Å². The molecule has 0 saturated carbocycles. The Hall–Kier alpha value is -2.67. The summed E-state index contributed by atoms with van der Waals surface area (Å²) in [5.41, 5.74) is -0.233. The van der Waals surface area contributed by atoms with Crippen molar-refractivity contribution >= 4 is 45.4 Å². The first-order valence-electron chi connectivity index (χ1n) is 8.02. The van der Waals surface area contributed by atoms with E-state index in [0.717, 1.165) is 11.0 Å². The zero-order valence-corrected chi connectivity index (χ0v) is 16.8. The van der Waals surface area contributed by atoms with Crippen LogP contribution in [0.15, 0.2) is 19.1 Å². The highest BCUT2D eigenvalue weighted by Gasteiger charge is 2.19. The molecule has 0 unspecified atom stereocenters. The first-order valence-corrected chi connectivity index (χ1v) is 9.65. The third kappa shape index (κ3) is 3.60. The van der Waals surface area contributed by atoms with Gasteiger partial charge in [-0.15, -0.1) is 10.2 Å². The zero-order valence-electron chi connectivity index (χ0n) is 15.1. The van der Waals surface area contributed by atoms with Gasteiger partial charge in [0.2, 0.25) is 5.13 Å². The predicted octanol–water partition coefficient (Wildman–Crippen LogP) is 0.505. The van der Waals surface area contributed by atoms with E-state index in [4.69, 9.17) is 0 Å². The molecule has 27 heavy (non-hydrogen) atoms. The second kappa shape index (κ2) is 7.52. The molecule has 0 radical (unpaired) electrons. The van der Waals surface area contributed by atoms with Crippen molar-refractivity contribution in [3.63, 3.8) is 0 Å². The number of rotatable bonds is 5. The molecule has 2 amide bonds. The maximum atomic E-state index is 12.4. The molecule has 13 heteroatoms. The number of nitrogens with zero attached hydrogens (tertiary/aromatic N) is 6. The normalized spacial score (nSPS) is 11.1. The minimum Gasteiger partial charge on any atom is -0.338 e. The van der Waals surface area contributed by atoms with Crippen molar-refractivity contribution in [2.75, 3.05) is 11.9 Å². The summed E-state index contributed by atoms with van der Waals surface area (Å²) >= 11 is 2.38. The molecule has 3 aromatic rings. The van der Waals surface area contributed by atoms with Gasteiger partial charge in [0.15, 0.2) is 20.7 Å². The smallest absolute Gasteiger partial charge is 0.332 e. The van der Waals surface area contributed by atoms with Gasteiger partial charge in [-0.2, -0.15) is 0 Å². The van der Waals surface area contributed by atoms with Gasteiger partial charge in [-0.05, 0) is 18.2 Å². The van der Waals surface area contributed by atoms with Gasteiger partial charge in [-0.1, -0.05) is 18.3 Å². The molecule has 3 aromatic heterocycles. The monoisotopic (exact) mass is 410 g/mol. The van der Waals surface area contributed by atoms with Crippen LogP contribution in [0.1, 0.15) is 13.3 Å².